The highest BCUT2D eigenvalue weighted by Crippen LogP contribution is 2.22. The molecule has 0 amide bonds. The molecule has 1 fully saturated rings. The predicted molar refractivity (Wildman–Crippen MR) is 67.5 cm³/mol. The lowest BCUT2D eigenvalue weighted by molar-refractivity contribution is 0.0689. The van der Waals surface area contributed by atoms with Crippen molar-refractivity contribution in [3.05, 3.63) is 17.8 Å². The first kappa shape index (κ1) is 12.2. The van der Waals surface area contributed by atoms with Crippen molar-refractivity contribution in [3.63, 3.8) is 0 Å². The van der Waals surface area contributed by atoms with E-state index in [2.05, 4.69) is 15.5 Å². The molecule has 0 atom stereocenters. The van der Waals surface area contributed by atoms with Crippen LogP contribution in [0.5, 0.6) is 0 Å². The Kier molecular flexibility index (Phi) is 4.19. The minimum Gasteiger partial charge on any atom is -0.476 e. The maximum absolute atomic E-state index is 10.6. The lowest BCUT2D eigenvalue weighted by Gasteiger charge is -2.21. The van der Waals surface area contributed by atoms with E-state index in [-0.39, 0.29) is 5.69 Å². The van der Waals surface area contributed by atoms with E-state index in [0.29, 0.717) is 11.7 Å². The van der Waals surface area contributed by atoms with Crippen LogP contribution in [-0.4, -0.2) is 39.3 Å². The quantitative estimate of drug-likeness (QED) is 0.851. The van der Waals surface area contributed by atoms with Gasteiger partial charge in [-0.05, 0) is 42.4 Å². The number of hydrogen-bond acceptors (Lipinski definition) is 5. The molecule has 0 radical (unpaired) electrons. The molecule has 2 heterocycles. The average Bonchev–Trinajstić information content (AvgIpc) is 2.38. The van der Waals surface area contributed by atoms with Gasteiger partial charge in [-0.1, -0.05) is 0 Å². The lowest BCUT2D eigenvalue weighted by Crippen LogP contribution is -2.19. The summed E-state index contributed by atoms with van der Waals surface area (Å²) in [5.74, 6) is 2.75. The number of rotatable bonds is 4. The number of carboxylic acids is 1. The van der Waals surface area contributed by atoms with Crippen LogP contribution in [0.15, 0.2) is 12.1 Å². The molecule has 0 spiro atoms. The fraction of sp³-hybridized carbons (Fsp3) is 0.545. The number of thioether (sulfide) groups is 1. The molecule has 6 heteroatoms. The topological polar surface area (TPSA) is 75.1 Å². The van der Waals surface area contributed by atoms with Crippen LogP contribution >= 0.6 is 11.8 Å². The zero-order valence-corrected chi connectivity index (χ0v) is 10.2. The Morgan fingerprint density at radius 3 is 2.76 bits per heavy atom. The van der Waals surface area contributed by atoms with Crippen molar-refractivity contribution < 1.29 is 9.90 Å². The van der Waals surface area contributed by atoms with Crippen LogP contribution in [0, 0.1) is 5.92 Å². The van der Waals surface area contributed by atoms with Gasteiger partial charge in [0, 0.05) is 6.54 Å². The Hall–Kier alpha value is -1.30. The zero-order valence-electron chi connectivity index (χ0n) is 9.43. The SMILES string of the molecule is O=C(O)c1ccc(NCC2CCSCC2)nn1. The fourth-order valence-electron chi connectivity index (χ4n) is 1.74. The molecule has 92 valence electrons. The van der Waals surface area contributed by atoms with E-state index in [1.54, 1.807) is 6.07 Å². The van der Waals surface area contributed by atoms with Crippen LogP contribution < -0.4 is 5.32 Å². The van der Waals surface area contributed by atoms with Gasteiger partial charge in [0.25, 0.3) is 0 Å². The summed E-state index contributed by atoms with van der Waals surface area (Å²) in [6.45, 7) is 0.891. The zero-order chi connectivity index (χ0) is 12.1. The number of aromatic nitrogens is 2. The molecule has 1 aromatic rings. The number of anilines is 1. The van der Waals surface area contributed by atoms with E-state index in [1.165, 1.54) is 30.4 Å². The molecule has 17 heavy (non-hydrogen) atoms. The number of carbonyl (C=O) groups is 1. The number of nitrogens with one attached hydrogen (secondary N) is 1. The maximum atomic E-state index is 10.6. The Bertz CT molecular complexity index is 377. The van der Waals surface area contributed by atoms with E-state index in [1.807, 2.05) is 11.8 Å². The van der Waals surface area contributed by atoms with Gasteiger partial charge < -0.3 is 10.4 Å². The minimum atomic E-state index is -1.05. The molecule has 0 aliphatic carbocycles. The molecule has 0 bridgehead atoms. The van der Waals surface area contributed by atoms with Gasteiger partial charge in [0.2, 0.25) is 0 Å². The maximum Gasteiger partial charge on any atom is 0.356 e. The van der Waals surface area contributed by atoms with E-state index in [4.69, 9.17) is 5.11 Å². The van der Waals surface area contributed by atoms with Crippen molar-refractivity contribution in [2.45, 2.75) is 12.8 Å². The average molecular weight is 253 g/mol. The molecule has 1 aliphatic heterocycles. The van der Waals surface area contributed by atoms with Crippen molar-refractivity contribution >= 4 is 23.5 Å². The highest BCUT2D eigenvalue weighted by molar-refractivity contribution is 7.99. The van der Waals surface area contributed by atoms with Gasteiger partial charge in [-0.25, -0.2) is 4.79 Å². The molecule has 1 aliphatic rings. The summed E-state index contributed by atoms with van der Waals surface area (Å²) in [4.78, 5) is 10.6. The van der Waals surface area contributed by atoms with Crippen molar-refractivity contribution in [1.29, 1.82) is 0 Å². The molecular formula is C11H15N3O2S. The largest absolute Gasteiger partial charge is 0.476 e. The third-order valence-corrected chi connectivity index (χ3v) is 3.85. The highest BCUT2D eigenvalue weighted by atomic mass is 32.2. The predicted octanol–water partition coefficient (Wildman–Crippen LogP) is 1.73. The first-order valence-corrected chi connectivity index (χ1v) is 6.80. The second-order valence-corrected chi connectivity index (χ2v) is 5.27. The smallest absolute Gasteiger partial charge is 0.356 e. The second kappa shape index (κ2) is 5.86. The Balaban J connectivity index is 1.84. The van der Waals surface area contributed by atoms with Gasteiger partial charge in [-0.2, -0.15) is 11.8 Å². The van der Waals surface area contributed by atoms with Crippen molar-refractivity contribution in [2.24, 2.45) is 5.92 Å². The fourth-order valence-corrected chi connectivity index (χ4v) is 2.94. The molecule has 0 unspecified atom stereocenters. The van der Waals surface area contributed by atoms with Crippen molar-refractivity contribution in [3.8, 4) is 0 Å². The lowest BCUT2D eigenvalue weighted by atomic mass is 10.0. The van der Waals surface area contributed by atoms with Crippen LogP contribution in [-0.2, 0) is 0 Å². The highest BCUT2D eigenvalue weighted by Gasteiger charge is 2.13. The standard InChI is InChI=1S/C11H15N3O2S/c15-11(16)9-1-2-10(14-13-9)12-7-8-3-5-17-6-4-8/h1-2,8H,3-7H2,(H,12,14)(H,15,16). The summed E-state index contributed by atoms with van der Waals surface area (Å²) >= 11 is 2.00. The number of carboxylic acid groups (broad SMARTS) is 1. The van der Waals surface area contributed by atoms with E-state index in [9.17, 15) is 4.79 Å². The first-order valence-electron chi connectivity index (χ1n) is 5.64. The molecule has 2 rings (SSSR count). The van der Waals surface area contributed by atoms with Crippen molar-refractivity contribution in [1.82, 2.24) is 10.2 Å². The Labute approximate surface area is 104 Å². The van der Waals surface area contributed by atoms with Gasteiger partial charge >= 0.3 is 5.97 Å². The summed E-state index contributed by atoms with van der Waals surface area (Å²) in [5, 5.41) is 19.4. The summed E-state index contributed by atoms with van der Waals surface area (Å²) in [5.41, 5.74) is -0.0235. The summed E-state index contributed by atoms with van der Waals surface area (Å²) < 4.78 is 0. The van der Waals surface area contributed by atoms with E-state index >= 15 is 0 Å². The van der Waals surface area contributed by atoms with Gasteiger partial charge in [0.15, 0.2) is 5.69 Å². The normalized spacial score (nSPS) is 16.7. The molecular weight excluding hydrogens is 238 g/mol. The monoisotopic (exact) mass is 253 g/mol. The summed E-state index contributed by atoms with van der Waals surface area (Å²) in [6, 6.07) is 3.13. The second-order valence-electron chi connectivity index (χ2n) is 4.05. The van der Waals surface area contributed by atoms with E-state index in [0.717, 1.165) is 6.54 Å². The van der Waals surface area contributed by atoms with Gasteiger partial charge in [-0.3, -0.25) is 0 Å². The van der Waals surface area contributed by atoms with Crippen LogP contribution in [0.3, 0.4) is 0 Å². The van der Waals surface area contributed by atoms with Gasteiger partial charge in [0.05, 0.1) is 0 Å². The third-order valence-electron chi connectivity index (χ3n) is 2.80. The van der Waals surface area contributed by atoms with Gasteiger partial charge in [0.1, 0.15) is 5.82 Å². The van der Waals surface area contributed by atoms with Crippen LogP contribution in [0.1, 0.15) is 23.3 Å². The molecule has 5 nitrogen and oxygen atoms in total. The van der Waals surface area contributed by atoms with Gasteiger partial charge in [-0.15, -0.1) is 10.2 Å². The number of aromatic carboxylic acids is 1. The molecule has 0 aromatic carbocycles. The molecule has 1 aromatic heterocycles. The molecule has 0 saturated carbocycles. The van der Waals surface area contributed by atoms with E-state index < -0.39 is 5.97 Å². The Morgan fingerprint density at radius 2 is 2.18 bits per heavy atom. The van der Waals surface area contributed by atoms with Crippen LogP contribution in [0.4, 0.5) is 5.82 Å². The molecule has 2 N–H and O–H groups in total. The number of nitrogens with zero attached hydrogens (tertiary/aromatic N) is 2. The summed E-state index contributed by atoms with van der Waals surface area (Å²) in [7, 11) is 0. The van der Waals surface area contributed by atoms with Crippen LogP contribution in [0.25, 0.3) is 0 Å². The van der Waals surface area contributed by atoms with Crippen LogP contribution in [0.2, 0.25) is 0 Å². The number of hydrogen-bond donors (Lipinski definition) is 2. The Morgan fingerprint density at radius 1 is 1.41 bits per heavy atom. The first-order chi connectivity index (χ1) is 8.25. The minimum absolute atomic E-state index is 0.0235. The summed E-state index contributed by atoms with van der Waals surface area (Å²) in [6.07, 6.45) is 2.47. The third kappa shape index (κ3) is 3.59. The molecule has 1 saturated heterocycles. The van der Waals surface area contributed by atoms with Crippen molar-refractivity contribution in [2.75, 3.05) is 23.4 Å².